The quantitative estimate of drug-likeness (QED) is 0.212. The van der Waals surface area contributed by atoms with Crippen molar-refractivity contribution in [2.75, 3.05) is 13.2 Å². The van der Waals surface area contributed by atoms with Crippen molar-refractivity contribution in [3.63, 3.8) is 0 Å². The van der Waals surface area contributed by atoms with Crippen molar-refractivity contribution in [1.82, 2.24) is 0 Å². The number of hydrogen-bond donors (Lipinski definition) is 0. The summed E-state index contributed by atoms with van der Waals surface area (Å²) < 4.78 is 14.1. The highest BCUT2D eigenvalue weighted by Crippen LogP contribution is 2.48. The van der Waals surface area contributed by atoms with E-state index in [4.69, 9.17) is 9.47 Å². The summed E-state index contributed by atoms with van der Waals surface area (Å²) in [5.74, 6) is 1.74. The van der Waals surface area contributed by atoms with Gasteiger partial charge in [-0.15, -0.1) is 11.3 Å². The Morgan fingerprint density at radius 3 is 1.36 bits per heavy atom. The monoisotopic (exact) mass is 496 g/mol. The molecule has 0 amide bonds. The lowest BCUT2D eigenvalue weighted by Gasteiger charge is -2.10. The molecule has 0 aliphatic rings. The number of halogens is 2. The van der Waals surface area contributed by atoms with Gasteiger partial charge in [-0.2, -0.15) is 0 Å². The molecule has 0 unspecified atom stereocenters. The van der Waals surface area contributed by atoms with Gasteiger partial charge in [0, 0.05) is 0 Å². The van der Waals surface area contributed by atoms with E-state index in [1.54, 1.807) is 11.3 Å². The summed E-state index contributed by atoms with van der Waals surface area (Å²) in [5, 5.41) is 0. The molecule has 0 radical (unpaired) electrons. The minimum atomic E-state index is 0.765. The van der Waals surface area contributed by atoms with E-state index in [1.807, 2.05) is 0 Å². The van der Waals surface area contributed by atoms with Crippen LogP contribution in [0.3, 0.4) is 0 Å². The Balaban J connectivity index is 2.27. The van der Waals surface area contributed by atoms with Gasteiger partial charge in [-0.05, 0) is 44.7 Å². The van der Waals surface area contributed by atoms with Crippen molar-refractivity contribution in [1.29, 1.82) is 0 Å². The van der Waals surface area contributed by atoms with Crippen LogP contribution in [0.1, 0.15) is 90.9 Å². The number of hydrogen-bond acceptors (Lipinski definition) is 3. The van der Waals surface area contributed by atoms with Gasteiger partial charge in [-0.25, -0.2) is 0 Å². The first-order valence-corrected chi connectivity index (χ1v) is 12.3. The molecule has 1 heterocycles. The molecule has 0 saturated carbocycles. The summed E-state index contributed by atoms with van der Waals surface area (Å²) in [5.41, 5.74) is 0. The fraction of sp³-hybridized carbons (Fsp3) is 0.800. The molecule has 0 aliphatic heterocycles. The smallest absolute Gasteiger partial charge is 0.187 e. The zero-order valence-electron chi connectivity index (χ0n) is 15.9. The molecular weight excluding hydrogens is 464 g/mol. The molecule has 1 rings (SSSR count). The number of unbranched alkanes of at least 4 members (excludes halogenated alkanes) is 10. The van der Waals surface area contributed by atoms with Crippen LogP contribution in [0, 0.1) is 0 Å². The molecule has 0 atom stereocenters. The van der Waals surface area contributed by atoms with Crippen LogP contribution < -0.4 is 9.47 Å². The van der Waals surface area contributed by atoms with Gasteiger partial charge in [-0.1, -0.05) is 78.1 Å². The lowest BCUT2D eigenvalue weighted by Crippen LogP contribution is -2.02. The highest BCUT2D eigenvalue weighted by Gasteiger charge is 2.18. The third-order valence-electron chi connectivity index (χ3n) is 4.23. The Morgan fingerprint density at radius 1 is 0.600 bits per heavy atom. The predicted octanol–water partition coefficient (Wildman–Crippen LogP) is 8.75. The average Bonchev–Trinajstić information content (AvgIpc) is 2.86. The summed E-state index contributed by atoms with van der Waals surface area (Å²) in [6, 6.07) is 0. The van der Waals surface area contributed by atoms with Crippen LogP contribution in [0.2, 0.25) is 0 Å². The molecule has 5 heteroatoms. The Morgan fingerprint density at radius 2 is 0.960 bits per heavy atom. The standard InChI is InChI=1S/C20H34Br2O2S/c1-3-5-7-9-11-13-15-23-17-18(20(22)25-19(17)21)24-16-14-12-10-8-6-4-2/h3-16H2,1-2H3. The lowest BCUT2D eigenvalue weighted by molar-refractivity contribution is 0.258. The minimum Gasteiger partial charge on any atom is -0.488 e. The van der Waals surface area contributed by atoms with Crippen molar-refractivity contribution in [2.45, 2.75) is 90.9 Å². The molecule has 0 aliphatic carbocycles. The van der Waals surface area contributed by atoms with Crippen molar-refractivity contribution in [3.05, 3.63) is 7.57 Å². The van der Waals surface area contributed by atoms with Crippen LogP contribution in [0.25, 0.3) is 0 Å². The van der Waals surface area contributed by atoms with Crippen molar-refractivity contribution < 1.29 is 9.47 Å². The zero-order valence-corrected chi connectivity index (χ0v) is 19.9. The molecule has 0 aromatic carbocycles. The number of thiophene rings is 1. The summed E-state index contributed by atoms with van der Waals surface area (Å²) in [7, 11) is 0. The minimum absolute atomic E-state index is 0.765. The third-order valence-corrected chi connectivity index (χ3v) is 6.65. The number of ether oxygens (including phenoxy) is 2. The molecule has 2 nitrogen and oxygen atoms in total. The van der Waals surface area contributed by atoms with Crippen LogP contribution in [-0.2, 0) is 0 Å². The Labute approximate surface area is 175 Å². The second kappa shape index (κ2) is 15.3. The zero-order chi connectivity index (χ0) is 18.3. The van der Waals surface area contributed by atoms with E-state index in [0.29, 0.717) is 0 Å². The first-order chi connectivity index (χ1) is 12.2. The van der Waals surface area contributed by atoms with Crippen LogP contribution in [-0.4, -0.2) is 13.2 Å². The van der Waals surface area contributed by atoms with Crippen molar-refractivity contribution >= 4 is 43.2 Å². The molecule has 146 valence electrons. The largest absolute Gasteiger partial charge is 0.488 e. The highest BCUT2D eigenvalue weighted by atomic mass is 79.9. The molecule has 0 saturated heterocycles. The van der Waals surface area contributed by atoms with Crippen molar-refractivity contribution in [3.8, 4) is 11.5 Å². The van der Waals surface area contributed by atoms with Gasteiger partial charge in [0.1, 0.15) is 7.57 Å². The van der Waals surface area contributed by atoms with Gasteiger partial charge in [0.2, 0.25) is 0 Å². The maximum Gasteiger partial charge on any atom is 0.187 e. The van der Waals surface area contributed by atoms with E-state index in [-0.39, 0.29) is 0 Å². The summed E-state index contributed by atoms with van der Waals surface area (Å²) in [6.07, 6.45) is 15.3. The molecule has 1 aromatic heterocycles. The van der Waals surface area contributed by atoms with E-state index in [9.17, 15) is 0 Å². The highest BCUT2D eigenvalue weighted by molar-refractivity contribution is 9.12. The molecule has 1 aromatic rings. The summed E-state index contributed by atoms with van der Waals surface area (Å²) in [6.45, 7) is 6.03. The van der Waals surface area contributed by atoms with Crippen LogP contribution in [0.15, 0.2) is 7.57 Å². The van der Waals surface area contributed by atoms with E-state index in [2.05, 4.69) is 45.7 Å². The Hall–Kier alpha value is 0.260. The van der Waals surface area contributed by atoms with Crippen LogP contribution in [0.5, 0.6) is 11.5 Å². The molecule has 0 fully saturated rings. The average molecular weight is 498 g/mol. The molecule has 0 bridgehead atoms. The fourth-order valence-corrected chi connectivity index (χ4v) is 5.57. The van der Waals surface area contributed by atoms with Crippen LogP contribution >= 0.6 is 43.2 Å². The van der Waals surface area contributed by atoms with Gasteiger partial charge >= 0.3 is 0 Å². The normalized spacial score (nSPS) is 11.0. The first-order valence-electron chi connectivity index (χ1n) is 9.94. The van der Waals surface area contributed by atoms with E-state index in [1.165, 1.54) is 64.2 Å². The third kappa shape index (κ3) is 10.2. The second-order valence-corrected chi connectivity index (χ2v) is 10.2. The van der Waals surface area contributed by atoms with E-state index >= 15 is 0 Å². The maximum absolute atomic E-state index is 6.01. The predicted molar refractivity (Wildman–Crippen MR) is 117 cm³/mol. The van der Waals surface area contributed by atoms with E-state index < -0.39 is 0 Å². The van der Waals surface area contributed by atoms with Crippen LogP contribution in [0.4, 0.5) is 0 Å². The summed E-state index contributed by atoms with van der Waals surface area (Å²) in [4.78, 5) is 0. The molecule has 0 spiro atoms. The van der Waals surface area contributed by atoms with Gasteiger partial charge in [0.25, 0.3) is 0 Å². The van der Waals surface area contributed by atoms with E-state index in [0.717, 1.165) is 45.1 Å². The number of rotatable bonds is 16. The van der Waals surface area contributed by atoms with Gasteiger partial charge in [0.05, 0.1) is 13.2 Å². The Kier molecular flexibility index (Phi) is 14.3. The molecular formula is C20H34Br2O2S. The van der Waals surface area contributed by atoms with Gasteiger partial charge in [-0.3, -0.25) is 0 Å². The second-order valence-electron chi connectivity index (χ2n) is 6.54. The first kappa shape index (κ1) is 23.3. The van der Waals surface area contributed by atoms with Crippen molar-refractivity contribution in [2.24, 2.45) is 0 Å². The topological polar surface area (TPSA) is 18.5 Å². The Bertz CT molecular complexity index is 411. The summed E-state index contributed by atoms with van der Waals surface area (Å²) >= 11 is 8.84. The van der Waals surface area contributed by atoms with Gasteiger partial charge in [0.15, 0.2) is 11.5 Å². The van der Waals surface area contributed by atoms with Gasteiger partial charge < -0.3 is 9.47 Å². The molecule has 25 heavy (non-hydrogen) atoms. The molecule has 0 N–H and O–H groups in total. The SMILES string of the molecule is CCCCCCCCOc1c(Br)sc(Br)c1OCCCCCCCC. The fourth-order valence-electron chi connectivity index (χ4n) is 2.71. The maximum atomic E-state index is 6.01. The lowest BCUT2D eigenvalue weighted by atomic mass is 10.1.